The fourth-order valence-corrected chi connectivity index (χ4v) is 2.91. The first-order valence-corrected chi connectivity index (χ1v) is 6.98. The quantitative estimate of drug-likeness (QED) is 0.685. The molecule has 0 saturated carbocycles. The van der Waals surface area contributed by atoms with Gasteiger partial charge in [-0.2, -0.15) is 0 Å². The molecule has 0 aliphatic rings. The second kappa shape index (κ2) is 5.45. The van der Waals surface area contributed by atoms with Gasteiger partial charge in [0, 0.05) is 20.9 Å². The van der Waals surface area contributed by atoms with Crippen LogP contribution in [0.4, 0.5) is 5.69 Å². The molecule has 0 unspecified atom stereocenters. The van der Waals surface area contributed by atoms with Crippen LogP contribution in [0, 0.1) is 13.8 Å². The lowest BCUT2D eigenvalue weighted by Crippen LogP contribution is -2.04. The lowest BCUT2D eigenvalue weighted by atomic mass is 10.0. The molecule has 0 aliphatic carbocycles. The third-order valence-corrected chi connectivity index (χ3v) is 3.82. The molecule has 19 heavy (non-hydrogen) atoms. The molecule has 2 N–H and O–H groups in total. The fourth-order valence-electron chi connectivity index (χ4n) is 1.99. The molecule has 0 fully saturated rings. The van der Waals surface area contributed by atoms with Crippen molar-refractivity contribution >= 4 is 22.8 Å². The molecule has 0 saturated heterocycles. The van der Waals surface area contributed by atoms with E-state index in [1.807, 2.05) is 26.8 Å². The minimum absolute atomic E-state index is 0.0107. The van der Waals surface area contributed by atoms with Gasteiger partial charge in [-0.25, -0.2) is 0 Å². The number of ether oxygens (including phenoxy) is 1. The number of ketones is 1. The van der Waals surface area contributed by atoms with Crippen LogP contribution in [0.2, 0.25) is 0 Å². The number of benzene rings is 1. The van der Waals surface area contributed by atoms with Gasteiger partial charge in [0.05, 0.1) is 12.3 Å². The van der Waals surface area contributed by atoms with Crippen LogP contribution in [-0.4, -0.2) is 12.4 Å². The second-order valence-electron chi connectivity index (χ2n) is 4.34. The Balaban J connectivity index is 2.34. The van der Waals surface area contributed by atoms with Crippen LogP contribution >= 0.6 is 11.3 Å². The maximum Gasteiger partial charge on any atom is 0.194 e. The molecule has 0 spiro atoms. The Morgan fingerprint density at radius 1 is 1.32 bits per heavy atom. The van der Waals surface area contributed by atoms with Crippen LogP contribution in [0.15, 0.2) is 24.3 Å². The first-order chi connectivity index (χ1) is 9.02. The van der Waals surface area contributed by atoms with Crippen LogP contribution in [-0.2, 0) is 0 Å². The van der Waals surface area contributed by atoms with Crippen molar-refractivity contribution in [2.45, 2.75) is 20.8 Å². The molecule has 1 aromatic heterocycles. The highest BCUT2D eigenvalue weighted by molar-refractivity contribution is 7.12. The van der Waals surface area contributed by atoms with Gasteiger partial charge in [-0.05, 0) is 45.0 Å². The predicted octanol–water partition coefficient (Wildman–Crippen LogP) is 3.58. The fraction of sp³-hybridized carbons (Fsp3) is 0.267. The van der Waals surface area contributed by atoms with Gasteiger partial charge in [-0.1, -0.05) is 0 Å². The molecule has 3 nitrogen and oxygen atoms in total. The predicted molar refractivity (Wildman–Crippen MR) is 79.2 cm³/mol. The van der Waals surface area contributed by atoms with E-state index >= 15 is 0 Å². The van der Waals surface area contributed by atoms with E-state index < -0.39 is 0 Å². The van der Waals surface area contributed by atoms with E-state index in [-0.39, 0.29) is 5.78 Å². The summed E-state index contributed by atoms with van der Waals surface area (Å²) in [5.41, 5.74) is 7.74. The lowest BCUT2D eigenvalue weighted by molar-refractivity contribution is 0.103. The van der Waals surface area contributed by atoms with Crippen molar-refractivity contribution in [1.82, 2.24) is 0 Å². The van der Waals surface area contributed by atoms with E-state index in [4.69, 9.17) is 10.5 Å². The van der Waals surface area contributed by atoms with Gasteiger partial charge in [-0.3, -0.25) is 4.79 Å². The van der Waals surface area contributed by atoms with E-state index in [2.05, 4.69) is 0 Å². The zero-order valence-corrected chi connectivity index (χ0v) is 12.1. The normalized spacial score (nSPS) is 10.5. The minimum atomic E-state index is 0.0107. The monoisotopic (exact) mass is 275 g/mol. The van der Waals surface area contributed by atoms with Gasteiger partial charge in [0.1, 0.15) is 5.75 Å². The summed E-state index contributed by atoms with van der Waals surface area (Å²) in [6.07, 6.45) is 0. The summed E-state index contributed by atoms with van der Waals surface area (Å²) in [6, 6.07) is 7.12. The topological polar surface area (TPSA) is 52.3 Å². The molecule has 0 bridgehead atoms. The molecule has 0 radical (unpaired) electrons. The molecule has 1 heterocycles. The van der Waals surface area contributed by atoms with E-state index in [0.717, 1.165) is 15.3 Å². The molecule has 4 heteroatoms. The second-order valence-corrected chi connectivity index (χ2v) is 5.80. The van der Waals surface area contributed by atoms with Crippen molar-refractivity contribution in [3.63, 3.8) is 0 Å². The summed E-state index contributed by atoms with van der Waals surface area (Å²) >= 11 is 1.63. The summed E-state index contributed by atoms with van der Waals surface area (Å²) in [5, 5.41) is 0. The Morgan fingerprint density at radius 2 is 2.05 bits per heavy atom. The van der Waals surface area contributed by atoms with Crippen molar-refractivity contribution in [2.24, 2.45) is 0 Å². The van der Waals surface area contributed by atoms with Gasteiger partial charge in [0.15, 0.2) is 5.78 Å². The smallest absolute Gasteiger partial charge is 0.194 e. The first-order valence-electron chi connectivity index (χ1n) is 6.17. The molecule has 0 atom stereocenters. The minimum Gasteiger partial charge on any atom is -0.492 e. The Hall–Kier alpha value is -1.81. The standard InChI is InChI=1S/C15H17NO2S/c1-4-18-14-6-5-11(8-13(14)16)15(17)12-7-9(2)19-10(12)3/h5-8H,4,16H2,1-3H3. The van der Waals surface area contributed by atoms with Gasteiger partial charge in [0.25, 0.3) is 0 Å². The Labute approximate surface area is 117 Å². The number of thiophene rings is 1. The SMILES string of the molecule is CCOc1ccc(C(=O)c2cc(C)sc2C)cc1N. The van der Waals surface area contributed by atoms with Gasteiger partial charge >= 0.3 is 0 Å². The number of anilines is 1. The third kappa shape index (κ3) is 2.79. The number of hydrogen-bond acceptors (Lipinski definition) is 4. The van der Waals surface area contributed by atoms with Crippen molar-refractivity contribution in [2.75, 3.05) is 12.3 Å². The molecule has 100 valence electrons. The summed E-state index contributed by atoms with van der Waals surface area (Å²) in [6.45, 7) is 6.42. The highest BCUT2D eigenvalue weighted by Gasteiger charge is 2.15. The van der Waals surface area contributed by atoms with E-state index in [0.29, 0.717) is 23.6 Å². The Bertz CT molecular complexity index is 617. The van der Waals surface area contributed by atoms with E-state index in [1.54, 1.807) is 29.5 Å². The van der Waals surface area contributed by atoms with Crippen molar-refractivity contribution < 1.29 is 9.53 Å². The van der Waals surface area contributed by atoms with Crippen molar-refractivity contribution in [3.8, 4) is 5.75 Å². The molecule has 1 aromatic carbocycles. The molecule has 0 amide bonds. The number of nitrogen functional groups attached to an aromatic ring is 1. The van der Waals surface area contributed by atoms with E-state index in [9.17, 15) is 4.79 Å². The summed E-state index contributed by atoms with van der Waals surface area (Å²) in [7, 11) is 0. The highest BCUT2D eigenvalue weighted by Crippen LogP contribution is 2.27. The Kier molecular flexibility index (Phi) is 3.90. The summed E-state index contributed by atoms with van der Waals surface area (Å²) in [4.78, 5) is 14.6. The number of nitrogens with two attached hydrogens (primary N) is 1. The molecule has 2 aromatic rings. The average Bonchev–Trinajstić information content (AvgIpc) is 2.70. The largest absolute Gasteiger partial charge is 0.492 e. The molecular formula is C15H17NO2S. The lowest BCUT2D eigenvalue weighted by Gasteiger charge is -2.08. The zero-order valence-electron chi connectivity index (χ0n) is 11.3. The molecule has 2 rings (SSSR count). The number of aryl methyl sites for hydroxylation is 2. The number of hydrogen-bond donors (Lipinski definition) is 1. The molecular weight excluding hydrogens is 258 g/mol. The zero-order chi connectivity index (χ0) is 14.0. The van der Waals surface area contributed by atoms with Crippen molar-refractivity contribution in [3.05, 3.63) is 45.1 Å². The van der Waals surface area contributed by atoms with Crippen molar-refractivity contribution in [1.29, 1.82) is 0 Å². The summed E-state index contributed by atoms with van der Waals surface area (Å²) in [5.74, 6) is 0.633. The number of rotatable bonds is 4. The van der Waals surface area contributed by atoms with Crippen LogP contribution < -0.4 is 10.5 Å². The summed E-state index contributed by atoms with van der Waals surface area (Å²) < 4.78 is 5.37. The first kappa shape index (κ1) is 13.6. The van der Waals surface area contributed by atoms with Gasteiger partial charge in [-0.15, -0.1) is 11.3 Å². The molecule has 0 aliphatic heterocycles. The van der Waals surface area contributed by atoms with Crippen LogP contribution in [0.1, 0.15) is 32.6 Å². The number of carbonyl (C=O) groups excluding carboxylic acids is 1. The number of carbonyl (C=O) groups is 1. The average molecular weight is 275 g/mol. The maximum atomic E-state index is 12.4. The van der Waals surface area contributed by atoms with Crippen LogP contribution in [0.25, 0.3) is 0 Å². The maximum absolute atomic E-state index is 12.4. The van der Waals surface area contributed by atoms with Gasteiger partial charge < -0.3 is 10.5 Å². The Morgan fingerprint density at radius 3 is 2.58 bits per heavy atom. The van der Waals surface area contributed by atoms with E-state index in [1.165, 1.54) is 0 Å². The van der Waals surface area contributed by atoms with Crippen LogP contribution in [0.3, 0.4) is 0 Å². The van der Waals surface area contributed by atoms with Crippen LogP contribution in [0.5, 0.6) is 5.75 Å². The third-order valence-electron chi connectivity index (χ3n) is 2.86. The highest BCUT2D eigenvalue weighted by atomic mass is 32.1. The van der Waals surface area contributed by atoms with Gasteiger partial charge in [0.2, 0.25) is 0 Å².